The van der Waals surface area contributed by atoms with Crippen LogP contribution in [0.1, 0.15) is 5.56 Å². The molecule has 1 aromatic heterocycles. The third-order valence-corrected chi connectivity index (χ3v) is 4.89. The summed E-state index contributed by atoms with van der Waals surface area (Å²) in [4.78, 5) is 8.33. The van der Waals surface area contributed by atoms with Gasteiger partial charge in [-0.25, -0.2) is 9.83 Å². The van der Waals surface area contributed by atoms with Gasteiger partial charge in [0.05, 0.1) is 12.1 Å². The third-order valence-electron chi connectivity index (χ3n) is 4.89. The lowest BCUT2D eigenvalue weighted by atomic mass is 9.94. The molecule has 1 aliphatic heterocycles. The average molecular weight is 324 g/mol. The van der Waals surface area contributed by atoms with E-state index in [-0.39, 0.29) is 0 Å². The smallest absolute Gasteiger partial charge is 0.293 e. The molecule has 0 fully saturated rings. The van der Waals surface area contributed by atoms with Crippen molar-refractivity contribution >= 4 is 27.5 Å². The summed E-state index contributed by atoms with van der Waals surface area (Å²) in [5, 5.41) is 2.27. The Morgan fingerprint density at radius 2 is 1.92 bits per heavy atom. The minimum absolute atomic E-state index is 0.535. The topological polar surface area (TPSA) is 30.4 Å². The maximum absolute atomic E-state index is 7.42. The quantitative estimate of drug-likeness (QED) is 0.301. The van der Waals surface area contributed by atoms with E-state index >= 15 is 0 Å². The largest absolute Gasteiger partial charge is 0.433 e. The fourth-order valence-electron chi connectivity index (χ4n) is 3.70. The summed E-state index contributed by atoms with van der Waals surface area (Å²) in [7, 11) is 2.01. The van der Waals surface area contributed by atoms with Gasteiger partial charge in [-0.2, -0.15) is 4.57 Å². The first kappa shape index (κ1) is 13.9. The van der Waals surface area contributed by atoms with E-state index in [1.165, 1.54) is 5.56 Å². The lowest BCUT2D eigenvalue weighted by molar-refractivity contribution is -0.634. The Bertz CT molecular complexity index is 1250. The van der Waals surface area contributed by atoms with E-state index in [0.717, 1.165) is 33.3 Å². The Morgan fingerprint density at radius 3 is 2.76 bits per heavy atom. The van der Waals surface area contributed by atoms with Gasteiger partial charge in [-0.05, 0) is 23.9 Å². The van der Waals surface area contributed by atoms with E-state index < -0.39 is 0 Å². The molecule has 0 saturated heterocycles. The number of para-hydroxylation sites is 1. The molecule has 0 spiro atoms. The molecule has 0 amide bonds. The van der Waals surface area contributed by atoms with Crippen molar-refractivity contribution in [3.05, 3.63) is 65.5 Å². The standard InChI is InChI=1S/C21H14N3O/c1-12-10-11-13-6-4-9-16-18(13)17(12)20-21(25-16)23-19-14(22-2)7-5-8-15(19)24(20)3/h4-11H,1,3H3/q+1. The maximum Gasteiger partial charge on any atom is 0.293 e. The van der Waals surface area contributed by atoms with E-state index in [1.54, 1.807) is 6.07 Å². The lowest BCUT2D eigenvalue weighted by Crippen LogP contribution is -2.34. The van der Waals surface area contributed by atoms with Crippen molar-refractivity contribution in [3.8, 4) is 22.9 Å². The number of aryl methyl sites for hydroxylation is 2. The van der Waals surface area contributed by atoms with Gasteiger partial charge in [-0.3, -0.25) is 0 Å². The molecule has 0 radical (unpaired) electrons. The van der Waals surface area contributed by atoms with E-state index in [1.807, 2.05) is 31.3 Å². The Hall–Kier alpha value is -3.45. The van der Waals surface area contributed by atoms with Crippen molar-refractivity contribution in [3.63, 3.8) is 0 Å². The van der Waals surface area contributed by atoms with Crippen molar-refractivity contribution in [1.82, 2.24) is 4.98 Å². The van der Waals surface area contributed by atoms with Crippen LogP contribution in [-0.2, 0) is 7.05 Å². The van der Waals surface area contributed by atoms with Gasteiger partial charge >= 0.3 is 0 Å². The highest BCUT2D eigenvalue weighted by atomic mass is 16.5. The number of rotatable bonds is 0. The molecule has 2 heterocycles. The normalized spacial score (nSPS) is 11.9. The molecule has 3 aromatic carbocycles. The highest BCUT2D eigenvalue weighted by Crippen LogP contribution is 2.46. The molecule has 1 aliphatic rings. The maximum atomic E-state index is 7.42. The molecular weight excluding hydrogens is 310 g/mol. The fraction of sp³-hybridized carbons (Fsp3) is 0.0952. The molecule has 25 heavy (non-hydrogen) atoms. The van der Waals surface area contributed by atoms with Crippen LogP contribution in [0.25, 0.3) is 37.9 Å². The van der Waals surface area contributed by atoms with E-state index in [2.05, 4.69) is 34.5 Å². The molecule has 4 aromatic rings. The van der Waals surface area contributed by atoms with Crippen LogP contribution in [0.5, 0.6) is 11.6 Å². The van der Waals surface area contributed by atoms with E-state index in [9.17, 15) is 0 Å². The molecule has 0 bridgehead atoms. The van der Waals surface area contributed by atoms with Crippen LogP contribution < -0.4 is 9.30 Å². The lowest BCUT2D eigenvalue weighted by Gasteiger charge is -2.20. The van der Waals surface area contributed by atoms with Crippen LogP contribution in [0.4, 0.5) is 5.69 Å². The van der Waals surface area contributed by atoms with Crippen LogP contribution in [0.2, 0.25) is 0 Å². The Labute approximate surface area is 144 Å². The van der Waals surface area contributed by atoms with Crippen molar-refractivity contribution in [2.75, 3.05) is 0 Å². The molecule has 0 unspecified atom stereocenters. The van der Waals surface area contributed by atoms with Gasteiger partial charge in [-0.15, -0.1) is 0 Å². The van der Waals surface area contributed by atoms with Crippen molar-refractivity contribution in [2.45, 2.75) is 6.92 Å². The Balaban J connectivity index is 2.01. The van der Waals surface area contributed by atoms with Gasteiger partial charge in [0, 0.05) is 11.5 Å². The number of benzene rings is 3. The Morgan fingerprint density at radius 1 is 1.08 bits per heavy atom. The minimum Gasteiger partial charge on any atom is -0.433 e. The molecular formula is C21H14N3O+. The molecule has 0 saturated carbocycles. The summed E-state index contributed by atoms with van der Waals surface area (Å²) >= 11 is 0. The summed E-state index contributed by atoms with van der Waals surface area (Å²) in [6.45, 7) is 9.53. The highest BCUT2D eigenvalue weighted by Gasteiger charge is 2.32. The zero-order valence-corrected chi connectivity index (χ0v) is 13.9. The summed E-state index contributed by atoms with van der Waals surface area (Å²) in [5.74, 6) is 1.37. The average Bonchev–Trinajstić information content (AvgIpc) is 2.63. The third kappa shape index (κ3) is 1.75. The van der Waals surface area contributed by atoms with E-state index in [4.69, 9.17) is 16.3 Å². The van der Waals surface area contributed by atoms with Gasteiger partial charge < -0.3 is 4.74 Å². The number of ether oxygens (including phenoxy) is 1. The second-order valence-electron chi connectivity index (χ2n) is 6.30. The summed E-state index contributed by atoms with van der Waals surface area (Å²) in [6.07, 6.45) is 0. The Kier molecular flexibility index (Phi) is 2.66. The second-order valence-corrected chi connectivity index (χ2v) is 6.30. The first-order valence-corrected chi connectivity index (χ1v) is 8.10. The number of fused-ring (bicyclic) bond motifs is 3. The number of aromatic nitrogens is 2. The molecule has 118 valence electrons. The molecule has 0 N–H and O–H groups in total. The second kappa shape index (κ2) is 4.78. The van der Waals surface area contributed by atoms with Gasteiger partial charge in [0.15, 0.2) is 0 Å². The van der Waals surface area contributed by atoms with Crippen LogP contribution in [0.15, 0.2) is 48.5 Å². The SMILES string of the molecule is [C-]#[N+]c1cccc2c1nc1c([n+]2C)-c2c(C)ccc3cccc(c23)O1. The highest BCUT2D eigenvalue weighted by molar-refractivity contribution is 6.04. The number of hydrogen-bond donors (Lipinski definition) is 0. The molecule has 0 aliphatic carbocycles. The number of nitrogens with zero attached hydrogens (tertiary/aromatic N) is 3. The predicted octanol–water partition coefficient (Wildman–Crippen LogP) is 4.84. The van der Waals surface area contributed by atoms with Crippen molar-refractivity contribution in [2.24, 2.45) is 7.05 Å². The molecule has 0 atom stereocenters. The predicted molar refractivity (Wildman–Crippen MR) is 96.9 cm³/mol. The zero-order valence-electron chi connectivity index (χ0n) is 13.9. The summed E-state index contributed by atoms with van der Waals surface area (Å²) < 4.78 is 8.25. The monoisotopic (exact) mass is 324 g/mol. The molecule has 4 nitrogen and oxygen atoms in total. The fourth-order valence-corrected chi connectivity index (χ4v) is 3.70. The van der Waals surface area contributed by atoms with Crippen LogP contribution in [0.3, 0.4) is 0 Å². The molecule has 5 rings (SSSR count). The van der Waals surface area contributed by atoms with Crippen LogP contribution >= 0.6 is 0 Å². The van der Waals surface area contributed by atoms with Gasteiger partial charge in [0.1, 0.15) is 18.3 Å². The van der Waals surface area contributed by atoms with Crippen molar-refractivity contribution in [1.29, 1.82) is 0 Å². The summed E-state index contributed by atoms with van der Waals surface area (Å²) in [6, 6.07) is 16.0. The van der Waals surface area contributed by atoms with Gasteiger partial charge in [-0.1, -0.05) is 36.4 Å². The zero-order chi connectivity index (χ0) is 17.1. The first-order valence-electron chi connectivity index (χ1n) is 8.10. The number of hydrogen-bond acceptors (Lipinski definition) is 2. The molecule has 4 heteroatoms. The van der Waals surface area contributed by atoms with Gasteiger partial charge in [0.25, 0.3) is 11.6 Å². The van der Waals surface area contributed by atoms with Crippen molar-refractivity contribution < 1.29 is 9.30 Å². The van der Waals surface area contributed by atoms with Crippen LogP contribution in [-0.4, -0.2) is 4.98 Å². The summed E-state index contributed by atoms with van der Waals surface area (Å²) in [5.41, 5.74) is 5.42. The van der Waals surface area contributed by atoms with Crippen LogP contribution in [0, 0.1) is 13.5 Å². The minimum atomic E-state index is 0.535. The van der Waals surface area contributed by atoms with E-state index in [0.29, 0.717) is 17.1 Å². The van der Waals surface area contributed by atoms with Gasteiger partial charge in [0.2, 0.25) is 11.2 Å². The first-order chi connectivity index (χ1) is 12.2.